The summed E-state index contributed by atoms with van der Waals surface area (Å²) in [6, 6.07) is 3.20. The van der Waals surface area contributed by atoms with E-state index in [1.54, 1.807) is 0 Å². The number of ether oxygens (including phenoxy) is 1. The van der Waals surface area contributed by atoms with E-state index in [4.69, 9.17) is 23.1 Å². The van der Waals surface area contributed by atoms with Gasteiger partial charge in [0, 0.05) is 6.54 Å². The Bertz CT molecular complexity index is 966. The van der Waals surface area contributed by atoms with Gasteiger partial charge in [-0.3, -0.25) is 9.79 Å². The molecule has 0 bridgehead atoms. The van der Waals surface area contributed by atoms with E-state index in [9.17, 15) is 22.8 Å². The highest BCUT2D eigenvalue weighted by Gasteiger charge is 2.41. The second-order valence-corrected chi connectivity index (χ2v) is 8.07. The molecule has 0 aromatic heterocycles. The summed E-state index contributed by atoms with van der Waals surface area (Å²) >= 11 is 5.80. The van der Waals surface area contributed by atoms with Crippen LogP contribution in [-0.4, -0.2) is 60.9 Å². The molecule has 0 spiro atoms. The molecule has 1 aromatic rings. The second kappa shape index (κ2) is 9.78. The average Bonchev–Trinajstić information content (AvgIpc) is 2.71. The van der Waals surface area contributed by atoms with Crippen molar-refractivity contribution in [2.24, 2.45) is 16.5 Å². The molecule has 0 atom stereocenters. The number of halogens is 4. The molecule has 5 N–H and O–H groups in total. The molecule has 1 heterocycles. The predicted molar refractivity (Wildman–Crippen MR) is 113 cm³/mol. The van der Waals surface area contributed by atoms with E-state index >= 15 is 0 Å². The number of benzene rings is 1. The summed E-state index contributed by atoms with van der Waals surface area (Å²) in [6.07, 6.45) is 1.82. The smallest absolute Gasteiger partial charge is 0.345 e. The Morgan fingerprint density at radius 2 is 2.03 bits per heavy atom. The van der Waals surface area contributed by atoms with Crippen molar-refractivity contribution in [2.45, 2.75) is 31.4 Å². The fourth-order valence-corrected chi connectivity index (χ4v) is 3.80. The normalized spacial score (nSPS) is 18.5. The van der Waals surface area contributed by atoms with Crippen LogP contribution in [0.25, 0.3) is 5.70 Å². The summed E-state index contributed by atoms with van der Waals surface area (Å²) in [5.41, 5.74) is 11.1. The van der Waals surface area contributed by atoms with Gasteiger partial charge in [-0.2, -0.15) is 8.78 Å². The van der Waals surface area contributed by atoms with Crippen molar-refractivity contribution in [2.75, 3.05) is 26.2 Å². The number of hydrogen-bond acceptors (Lipinski definition) is 5. The van der Waals surface area contributed by atoms with Crippen LogP contribution in [0.5, 0.6) is 0 Å². The first-order valence-corrected chi connectivity index (χ1v) is 10.3. The van der Waals surface area contributed by atoms with Crippen molar-refractivity contribution < 1.29 is 27.5 Å². The number of rotatable bonds is 7. The highest BCUT2D eigenvalue weighted by molar-refractivity contribution is 6.31. The molecular weight excluding hydrogens is 451 g/mol. The lowest BCUT2D eigenvalue weighted by Crippen LogP contribution is -2.61. The third-order valence-electron chi connectivity index (χ3n) is 5.50. The number of carbonyl (C=O) groups is 2. The Morgan fingerprint density at radius 3 is 2.59 bits per heavy atom. The maximum atomic E-state index is 13.5. The third-order valence-corrected chi connectivity index (χ3v) is 5.79. The van der Waals surface area contributed by atoms with Crippen molar-refractivity contribution in [3.8, 4) is 0 Å². The minimum absolute atomic E-state index is 0.0544. The molecule has 0 saturated heterocycles. The second-order valence-electron chi connectivity index (χ2n) is 7.67. The lowest BCUT2D eigenvalue weighted by molar-refractivity contribution is -0.150. The van der Waals surface area contributed by atoms with Crippen LogP contribution in [0.4, 0.5) is 18.0 Å². The Kier molecular flexibility index (Phi) is 7.29. The number of nitrogens with one attached hydrogen (secondary N) is 1. The van der Waals surface area contributed by atoms with Crippen LogP contribution >= 0.6 is 11.6 Å². The van der Waals surface area contributed by atoms with Crippen LogP contribution in [0.15, 0.2) is 28.8 Å². The Balaban J connectivity index is 1.78. The summed E-state index contributed by atoms with van der Waals surface area (Å²) < 4.78 is 42.8. The molecular formula is C20H23ClF3N5O3. The minimum atomic E-state index is -2.93. The van der Waals surface area contributed by atoms with E-state index in [0.717, 1.165) is 12.5 Å². The minimum Gasteiger partial charge on any atom is -0.398 e. The van der Waals surface area contributed by atoms with E-state index in [2.05, 4.69) is 15.0 Å². The van der Waals surface area contributed by atoms with Gasteiger partial charge in [0.25, 0.3) is 5.91 Å². The topological polar surface area (TPSA) is 123 Å². The molecule has 1 saturated carbocycles. The quantitative estimate of drug-likeness (QED) is 0.525. The number of carbonyl (C=O) groups excluding carboxylic acids is 2. The first-order chi connectivity index (χ1) is 15.1. The molecule has 0 unspecified atom stereocenters. The number of amides is 3. The summed E-state index contributed by atoms with van der Waals surface area (Å²) in [4.78, 5) is 30.6. The largest absolute Gasteiger partial charge is 0.398 e. The Labute approximate surface area is 187 Å². The van der Waals surface area contributed by atoms with Crippen molar-refractivity contribution >= 4 is 34.9 Å². The van der Waals surface area contributed by atoms with Crippen molar-refractivity contribution in [1.82, 2.24) is 10.2 Å². The van der Waals surface area contributed by atoms with Gasteiger partial charge in [0.2, 0.25) is 0 Å². The molecule has 174 valence electrons. The van der Waals surface area contributed by atoms with Crippen molar-refractivity contribution in [1.29, 1.82) is 0 Å². The van der Waals surface area contributed by atoms with Gasteiger partial charge in [0.1, 0.15) is 5.82 Å². The van der Waals surface area contributed by atoms with Gasteiger partial charge in [0.15, 0.2) is 0 Å². The van der Waals surface area contributed by atoms with Crippen LogP contribution in [0.1, 0.15) is 24.8 Å². The van der Waals surface area contributed by atoms with Gasteiger partial charge in [-0.15, -0.1) is 0 Å². The maximum absolute atomic E-state index is 13.5. The summed E-state index contributed by atoms with van der Waals surface area (Å²) in [6.45, 7) is -2.88. The zero-order valence-corrected chi connectivity index (χ0v) is 17.8. The highest BCUT2D eigenvalue weighted by Crippen LogP contribution is 2.33. The van der Waals surface area contributed by atoms with E-state index < -0.39 is 29.9 Å². The molecule has 2 aliphatic rings. The number of hydrogen-bond donors (Lipinski definition) is 3. The van der Waals surface area contributed by atoms with Gasteiger partial charge >= 0.3 is 12.6 Å². The number of nitrogens with two attached hydrogens (primary N) is 2. The SMILES string of the molecule is NC(=O)C(C1=NCCN(C(=O)NC2(COC(F)F)CCC2)C1)=C(N)c1ccc(F)c(Cl)c1. The van der Waals surface area contributed by atoms with Crippen molar-refractivity contribution in [3.05, 3.63) is 40.2 Å². The lowest BCUT2D eigenvalue weighted by atomic mass is 9.77. The summed E-state index contributed by atoms with van der Waals surface area (Å²) in [5.74, 6) is -1.52. The fraction of sp³-hybridized carbons (Fsp3) is 0.450. The highest BCUT2D eigenvalue weighted by atomic mass is 35.5. The van der Waals surface area contributed by atoms with Gasteiger partial charge < -0.3 is 26.4 Å². The molecule has 32 heavy (non-hydrogen) atoms. The average molecular weight is 474 g/mol. The van der Waals surface area contributed by atoms with Gasteiger partial charge in [-0.25, -0.2) is 9.18 Å². The van der Waals surface area contributed by atoms with Crippen LogP contribution in [0, 0.1) is 5.82 Å². The molecule has 8 nitrogen and oxygen atoms in total. The molecule has 3 rings (SSSR count). The van der Waals surface area contributed by atoms with Crippen LogP contribution in [0.3, 0.4) is 0 Å². The fourth-order valence-electron chi connectivity index (χ4n) is 3.62. The predicted octanol–water partition coefficient (Wildman–Crippen LogP) is 2.26. The first kappa shape index (κ1) is 23.9. The van der Waals surface area contributed by atoms with Crippen molar-refractivity contribution in [3.63, 3.8) is 0 Å². The van der Waals surface area contributed by atoms with E-state index in [1.807, 2.05) is 0 Å². The van der Waals surface area contributed by atoms with Gasteiger partial charge in [-0.1, -0.05) is 11.6 Å². The summed E-state index contributed by atoms with van der Waals surface area (Å²) in [7, 11) is 0. The zero-order valence-electron chi connectivity index (χ0n) is 17.0. The Morgan fingerprint density at radius 1 is 1.31 bits per heavy atom. The lowest BCUT2D eigenvalue weighted by Gasteiger charge is -2.43. The van der Waals surface area contributed by atoms with Crippen LogP contribution in [-0.2, 0) is 9.53 Å². The number of primary amides is 1. The van der Waals surface area contributed by atoms with Gasteiger partial charge in [-0.05, 0) is 43.0 Å². The van der Waals surface area contributed by atoms with E-state index in [1.165, 1.54) is 17.0 Å². The number of aliphatic imine (C=N–C) groups is 1. The molecule has 1 aromatic carbocycles. The molecule has 1 fully saturated rings. The van der Waals surface area contributed by atoms with E-state index in [-0.39, 0.29) is 53.8 Å². The third kappa shape index (κ3) is 5.33. The molecule has 1 aliphatic heterocycles. The molecule has 3 amide bonds. The Hall–Kier alpha value is -2.79. The molecule has 1 aliphatic carbocycles. The zero-order chi connectivity index (χ0) is 23.5. The molecule has 12 heteroatoms. The molecule has 0 radical (unpaired) electrons. The number of nitrogens with zero attached hydrogens (tertiary/aromatic N) is 2. The first-order valence-electron chi connectivity index (χ1n) is 9.87. The maximum Gasteiger partial charge on any atom is 0.345 e. The monoisotopic (exact) mass is 473 g/mol. The standard InChI is InChI=1S/C20H23ClF3N5O3/c21-12-8-11(2-3-13(12)22)16(25)15(17(26)30)14-9-29(7-6-27-14)19(31)28-20(4-1-5-20)10-32-18(23)24/h2-3,8,18H,1,4-7,9-10,25H2,(H2,26,30)(H,28,31). The summed E-state index contributed by atoms with van der Waals surface area (Å²) in [5, 5.41) is 2.59. The van der Waals surface area contributed by atoms with Gasteiger partial charge in [0.05, 0.1) is 47.2 Å². The van der Waals surface area contributed by atoms with Crippen LogP contribution < -0.4 is 16.8 Å². The number of alkyl halides is 2. The number of urea groups is 1. The van der Waals surface area contributed by atoms with Crippen LogP contribution in [0.2, 0.25) is 5.02 Å². The van der Waals surface area contributed by atoms with E-state index in [0.29, 0.717) is 12.8 Å².